The van der Waals surface area contributed by atoms with Crippen LogP contribution in [0.15, 0.2) is 69.6 Å². The van der Waals surface area contributed by atoms with E-state index in [9.17, 15) is 0 Å². The third kappa shape index (κ3) is 2.93. The first-order chi connectivity index (χ1) is 13.2. The van der Waals surface area contributed by atoms with Crippen LogP contribution in [0.2, 0.25) is 0 Å². The van der Waals surface area contributed by atoms with Crippen LogP contribution in [0.25, 0.3) is 0 Å². The van der Waals surface area contributed by atoms with Gasteiger partial charge in [0.15, 0.2) is 0 Å². The summed E-state index contributed by atoms with van der Waals surface area (Å²) in [4.78, 5) is 1.21. The summed E-state index contributed by atoms with van der Waals surface area (Å²) in [5.74, 6) is 1.73. The van der Waals surface area contributed by atoms with Crippen LogP contribution < -0.4 is 9.47 Å². The molecule has 5 rings (SSSR count). The number of nitrogens with zero attached hydrogens (tertiary/aromatic N) is 2. The number of fused-ring (bicyclic) bond motifs is 3. The highest BCUT2D eigenvalue weighted by Crippen LogP contribution is 2.48. The van der Waals surface area contributed by atoms with Gasteiger partial charge in [-0.05, 0) is 41.8 Å². The van der Waals surface area contributed by atoms with Crippen molar-refractivity contribution in [2.45, 2.75) is 18.7 Å². The van der Waals surface area contributed by atoms with Crippen LogP contribution in [0, 0.1) is 0 Å². The summed E-state index contributed by atoms with van der Waals surface area (Å²) in [6, 6.07) is 18.6. The van der Waals surface area contributed by atoms with E-state index >= 15 is 0 Å². The fourth-order valence-corrected chi connectivity index (χ4v) is 4.76. The van der Waals surface area contributed by atoms with Crippen LogP contribution in [0.5, 0.6) is 11.5 Å². The molecule has 2 aromatic carbocycles. The summed E-state index contributed by atoms with van der Waals surface area (Å²) in [7, 11) is 1.68. The number of hydrogen-bond donors (Lipinski definition) is 0. The van der Waals surface area contributed by atoms with E-state index in [0.717, 1.165) is 33.7 Å². The lowest BCUT2D eigenvalue weighted by molar-refractivity contribution is -0.0191. The topological polar surface area (TPSA) is 34.1 Å². The lowest BCUT2D eigenvalue weighted by Gasteiger charge is -2.38. The Kier molecular flexibility index (Phi) is 4.17. The Labute approximate surface area is 170 Å². The molecule has 3 aromatic rings. The predicted octanol–water partition coefficient (Wildman–Crippen LogP) is 5.76. The van der Waals surface area contributed by atoms with Gasteiger partial charge in [0.2, 0.25) is 6.23 Å². The van der Waals surface area contributed by atoms with Crippen LogP contribution in [0.1, 0.15) is 34.7 Å². The van der Waals surface area contributed by atoms with Crippen molar-refractivity contribution in [2.24, 2.45) is 5.10 Å². The highest BCUT2D eigenvalue weighted by molar-refractivity contribution is 9.10. The van der Waals surface area contributed by atoms with Gasteiger partial charge >= 0.3 is 0 Å². The monoisotopic (exact) mass is 440 g/mol. The maximum atomic E-state index is 6.40. The van der Waals surface area contributed by atoms with E-state index in [1.165, 1.54) is 10.4 Å². The maximum Gasteiger partial charge on any atom is 0.214 e. The van der Waals surface area contributed by atoms with E-state index in [0.29, 0.717) is 0 Å². The smallest absolute Gasteiger partial charge is 0.214 e. The number of halogens is 1. The van der Waals surface area contributed by atoms with E-state index < -0.39 is 0 Å². The largest absolute Gasteiger partial charge is 0.497 e. The molecule has 4 nitrogen and oxygen atoms in total. The zero-order chi connectivity index (χ0) is 18.4. The molecule has 0 N–H and O–H groups in total. The molecular formula is C21H17BrN2O2S. The van der Waals surface area contributed by atoms with E-state index in [-0.39, 0.29) is 12.3 Å². The molecule has 6 heteroatoms. The molecule has 0 saturated heterocycles. The minimum atomic E-state index is -0.281. The van der Waals surface area contributed by atoms with Crippen LogP contribution in [0.3, 0.4) is 0 Å². The van der Waals surface area contributed by atoms with Gasteiger partial charge in [0, 0.05) is 22.0 Å². The van der Waals surface area contributed by atoms with Gasteiger partial charge in [-0.15, -0.1) is 11.3 Å². The van der Waals surface area contributed by atoms with Crippen molar-refractivity contribution in [3.63, 3.8) is 0 Å². The van der Waals surface area contributed by atoms with Crippen LogP contribution >= 0.6 is 27.3 Å². The molecule has 1 aromatic heterocycles. The summed E-state index contributed by atoms with van der Waals surface area (Å²) in [5.41, 5.74) is 3.31. The Hall–Kier alpha value is -2.31. The van der Waals surface area contributed by atoms with E-state index in [4.69, 9.17) is 14.6 Å². The molecule has 136 valence electrons. The molecule has 0 aliphatic carbocycles. The lowest BCUT2D eigenvalue weighted by atomic mass is 9.97. The minimum Gasteiger partial charge on any atom is -0.497 e. The Morgan fingerprint density at radius 3 is 2.93 bits per heavy atom. The molecule has 0 amide bonds. The molecule has 27 heavy (non-hydrogen) atoms. The van der Waals surface area contributed by atoms with E-state index in [2.05, 4.69) is 50.6 Å². The maximum absolute atomic E-state index is 6.40. The average Bonchev–Trinajstić information content (AvgIpc) is 3.37. The van der Waals surface area contributed by atoms with Crippen molar-refractivity contribution in [2.75, 3.05) is 7.11 Å². The molecule has 0 fully saturated rings. The number of hydrogen-bond acceptors (Lipinski definition) is 5. The summed E-state index contributed by atoms with van der Waals surface area (Å²) in [6.07, 6.45) is 0.588. The molecule has 2 aliphatic rings. The first kappa shape index (κ1) is 16.8. The second kappa shape index (κ2) is 6.69. The molecule has 2 atom stereocenters. The predicted molar refractivity (Wildman–Crippen MR) is 111 cm³/mol. The summed E-state index contributed by atoms with van der Waals surface area (Å²) in [5, 5.41) is 9.16. The second-order valence-electron chi connectivity index (χ2n) is 6.55. The highest BCUT2D eigenvalue weighted by Gasteiger charge is 2.41. The summed E-state index contributed by atoms with van der Waals surface area (Å²) < 4.78 is 12.9. The fourth-order valence-electron chi connectivity index (χ4n) is 3.66. The minimum absolute atomic E-state index is 0.152. The van der Waals surface area contributed by atoms with Crippen molar-refractivity contribution >= 4 is 33.0 Å². The molecular weight excluding hydrogens is 424 g/mol. The van der Waals surface area contributed by atoms with Crippen molar-refractivity contribution in [3.05, 3.63) is 80.5 Å². The number of ether oxygens (including phenoxy) is 2. The van der Waals surface area contributed by atoms with Gasteiger partial charge < -0.3 is 9.47 Å². The SMILES string of the molecule is COc1cccc([C@H]2Oc3ccc(Br)cc3[C@@H]3CC(c4cccs4)=NN23)c1. The van der Waals surface area contributed by atoms with Gasteiger partial charge in [0.1, 0.15) is 11.5 Å². The zero-order valence-electron chi connectivity index (χ0n) is 14.6. The molecule has 2 aliphatic heterocycles. The zero-order valence-corrected chi connectivity index (χ0v) is 17.0. The first-order valence-corrected chi connectivity index (χ1v) is 10.4. The standard InChI is InChI=1S/C21H17BrN2O2S/c1-25-15-5-2-4-13(10-15)21-24-18(12-17(23-24)20-6-3-9-27-20)16-11-14(22)7-8-19(16)26-21/h2-11,18,21H,12H2,1H3/t18-,21+/m0/s1. The summed E-state index contributed by atoms with van der Waals surface area (Å²) >= 11 is 5.32. The highest BCUT2D eigenvalue weighted by atomic mass is 79.9. The third-order valence-electron chi connectivity index (χ3n) is 4.94. The molecule has 0 spiro atoms. The van der Waals surface area contributed by atoms with E-state index in [1.54, 1.807) is 18.4 Å². The van der Waals surface area contributed by atoms with Gasteiger partial charge in [-0.3, -0.25) is 0 Å². The van der Waals surface area contributed by atoms with Gasteiger partial charge in [-0.25, -0.2) is 5.01 Å². The quantitative estimate of drug-likeness (QED) is 0.518. The summed E-state index contributed by atoms with van der Waals surface area (Å²) in [6.45, 7) is 0. The number of methoxy groups -OCH3 is 1. The molecule has 0 bridgehead atoms. The van der Waals surface area contributed by atoms with Crippen LogP contribution in [-0.2, 0) is 0 Å². The van der Waals surface area contributed by atoms with Crippen molar-refractivity contribution in [1.82, 2.24) is 5.01 Å². The number of hydrazone groups is 1. The Morgan fingerprint density at radius 2 is 2.11 bits per heavy atom. The molecule has 0 saturated carbocycles. The second-order valence-corrected chi connectivity index (χ2v) is 8.42. The Morgan fingerprint density at radius 1 is 1.19 bits per heavy atom. The Balaban J connectivity index is 1.61. The lowest BCUT2D eigenvalue weighted by Crippen LogP contribution is -2.33. The molecule has 0 unspecified atom stereocenters. The third-order valence-corrected chi connectivity index (χ3v) is 6.35. The fraction of sp³-hybridized carbons (Fsp3) is 0.190. The molecule has 0 radical (unpaired) electrons. The van der Waals surface area contributed by atoms with Gasteiger partial charge in [-0.2, -0.15) is 5.10 Å². The molecule has 3 heterocycles. The number of thiophene rings is 1. The van der Waals surface area contributed by atoms with Crippen molar-refractivity contribution in [3.8, 4) is 11.5 Å². The Bertz CT molecular complexity index is 1020. The average molecular weight is 441 g/mol. The number of benzene rings is 2. The van der Waals surface area contributed by atoms with Gasteiger partial charge in [-0.1, -0.05) is 34.1 Å². The van der Waals surface area contributed by atoms with Crippen molar-refractivity contribution < 1.29 is 9.47 Å². The van der Waals surface area contributed by atoms with Gasteiger partial charge in [0.25, 0.3) is 0 Å². The first-order valence-electron chi connectivity index (χ1n) is 8.72. The van der Waals surface area contributed by atoms with Crippen LogP contribution in [0.4, 0.5) is 0 Å². The van der Waals surface area contributed by atoms with Gasteiger partial charge in [0.05, 0.1) is 23.7 Å². The van der Waals surface area contributed by atoms with Crippen LogP contribution in [-0.4, -0.2) is 17.8 Å². The normalized spacial score (nSPS) is 20.5. The van der Waals surface area contributed by atoms with Crippen molar-refractivity contribution in [1.29, 1.82) is 0 Å². The number of rotatable bonds is 3. The van der Waals surface area contributed by atoms with E-state index in [1.807, 2.05) is 30.3 Å².